The number of hydrogen-bond donors (Lipinski definition) is 0. The Labute approximate surface area is 106 Å². The zero-order valence-corrected chi connectivity index (χ0v) is 10.8. The lowest BCUT2D eigenvalue weighted by atomic mass is 10.3. The first kappa shape index (κ1) is 12.0. The van der Waals surface area contributed by atoms with Crippen LogP contribution in [0.15, 0.2) is 18.5 Å². The summed E-state index contributed by atoms with van der Waals surface area (Å²) in [6.07, 6.45) is 6.44. The van der Waals surface area contributed by atoms with E-state index >= 15 is 0 Å². The highest BCUT2D eigenvalue weighted by atomic mass is 35.5. The minimum Gasteiger partial charge on any atom is -0.288 e. The summed E-state index contributed by atoms with van der Waals surface area (Å²) in [5.41, 5.74) is 0. The van der Waals surface area contributed by atoms with Gasteiger partial charge in [0, 0.05) is 31.3 Å². The van der Waals surface area contributed by atoms with Gasteiger partial charge in [-0.2, -0.15) is 0 Å². The predicted molar refractivity (Wildman–Crippen MR) is 67.5 cm³/mol. The van der Waals surface area contributed by atoms with Crippen LogP contribution in [0.5, 0.6) is 0 Å². The number of imidazole rings is 1. The van der Waals surface area contributed by atoms with Gasteiger partial charge in [-0.15, -0.1) is 0 Å². The van der Waals surface area contributed by atoms with Crippen LogP contribution in [-0.2, 0) is 12.8 Å². The van der Waals surface area contributed by atoms with E-state index < -0.39 is 0 Å². The molecule has 2 heterocycles. The number of rotatable bonds is 4. The van der Waals surface area contributed by atoms with E-state index in [1.807, 2.05) is 17.7 Å². The van der Waals surface area contributed by atoms with Crippen molar-refractivity contribution in [2.45, 2.75) is 33.1 Å². The molecule has 0 aromatic carbocycles. The third-order valence-electron chi connectivity index (χ3n) is 2.48. The van der Waals surface area contributed by atoms with Crippen LogP contribution in [0.2, 0.25) is 5.15 Å². The van der Waals surface area contributed by atoms with Crippen LogP contribution in [0.4, 0.5) is 0 Å². The average molecular weight is 251 g/mol. The second-order valence-electron chi connectivity index (χ2n) is 3.78. The van der Waals surface area contributed by atoms with Crippen molar-refractivity contribution in [2.24, 2.45) is 0 Å². The lowest BCUT2D eigenvalue weighted by molar-refractivity contribution is 0.787. The van der Waals surface area contributed by atoms with Gasteiger partial charge in [-0.25, -0.2) is 15.0 Å². The van der Waals surface area contributed by atoms with Crippen LogP contribution >= 0.6 is 11.6 Å². The van der Waals surface area contributed by atoms with Gasteiger partial charge in [-0.1, -0.05) is 25.4 Å². The van der Waals surface area contributed by atoms with Gasteiger partial charge in [0.05, 0.1) is 0 Å². The molecule has 0 saturated carbocycles. The molecule has 17 heavy (non-hydrogen) atoms. The van der Waals surface area contributed by atoms with Gasteiger partial charge in [-0.3, -0.25) is 4.57 Å². The molecule has 0 bridgehead atoms. The molecule has 0 spiro atoms. The van der Waals surface area contributed by atoms with E-state index in [1.54, 1.807) is 12.3 Å². The van der Waals surface area contributed by atoms with E-state index in [9.17, 15) is 0 Å². The molecule has 0 radical (unpaired) electrons. The quantitative estimate of drug-likeness (QED) is 0.784. The Bertz CT molecular complexity index is 507. The number of hydrogen-bond acceptors (Lipinski definition) is 3. The molecular weight excluding hydrogens is 236 g/mol. The van der Waals surface area contributed by atoms with Crippen LogP contribution in [0, 0.1) is 0 Å². The number of halogens is 1. The monoisotopic (exact) mass is 250 g/mol. The summed E-state index contributed by atoms with van der Waals surface area (Å²) in [4.78, 5) is 13.0. The van der Waals surface area contributed by atoms with Crippen molar-refractivity contribution in [1.82, 2.24) is 19.5 Å². The molecule has 0 amide bonds. The summed E-state index contributed by atoms with van der Waals surface area (Å²) in [5.74, 6) is 2.55. The SMILES string of the molecule is CCCc1nccn1-c1cc(Cl)nc(CC)n1. The van der Waals surface area contributed by atoms with E-state index in [0.717, 1.165) is 36.7 Å². The number of aryl methyl sites for hydroxylation is 2. The number of aromatic nitrogens is 4. The molecule has 0 fully saturated rings. The third kappa shape index (κ3) is 2.64. The molecule has 2 rings (SSSR count). The first-order valence-electron chi connectivity index (χ1n) is 5.80. The summed E-state index contributed by atoms with van der Waals surface area (Å²) < 4.78 is 1.97. The Balaban J connectivity index is 2.44. The average Bonchev–Trinajstić information content (AvgIpc) is 2.77. The van der Waals surface area contributed by atoms with Crippen molar-refractivity contribution in [3.05, 3.63) is 35.3 Å². The van der Waals surface area contributed by atoms with Crippen molar-refractivity contribution in [3.63, 3.8) is 0 Å². The lowest BCUT2D eigenvalue weighted by Crippen LogP contribution is -2.05. The van der Waals surface area contributed by atoms with Crippen molar-refractivity contribution < 1.29 is 0 Å². The van der Waals surface area contributed by atoms with Gasteiger partial charge in [-0.05, 0) is 6.42 Å². The third-order valence-corrected chi connectivity index (χ3v) is 2.68. The molecule has 90 valence electrons. The van der Waals surface area contributed by atoms with Gasteiger partial charge >= 0.3 is 0 Å². The zero-order chi connectivity index (χ0) is 12.3. The van der Waals surface area contributed by atoms with Crippen LogP contribution in [-0.4, -0.2) is 19.5 Å². The maximum atomic E-state index is 5.99. The van der Waals surface area contributed by atoms with E-state index in [0.29, 0.717) is 5.15 Å². The lowest BCUT2D eigenvalue weighted by Gasteiger charge is -2.07. The summed E-state index contributed by atoms with van der Waals surface area (Å²) >= 11 is 5.99. The Morgan fingerprint density at radius 1 is 1.29 bits per heavy atom. The fraction of sp³-hybridized carbons (Fsp3) is 0.417. The van der Waals surface area contributed by atoms with Crippen LogP contribution in [0.3, 0.4) is 0 Å². The van der Waals surface area contributed by atoms with Crippen LogP contribution < -0.4 is 0 Å². The highest BCUT2D eigenvalue weighted by Crippen LogP contribution is 2.14. The van der Waals surface area contributed by atoms with E-state index in [1.165, 1.54) is 0 Å². The molecule has 0 unspecified atom stereocenters. The van der Waals surface area contributed by atoms with Gasteiger partial charge < -0.3 is 0 Å². The first-order valence-corrected chi connectivity index (χ1v) is 6.18. The highest BCUT2D eigenvalue weighted by Gasteiger charge is 2.08. The maximum Gasteiger partial charge on any atom is 0.143 e. The molecule has 4 nitrogen and oxygen atoms in total. The smallest absolute Gasteiger partial charge is 0.143 e. The second kappa shape index (κ2) is 5.27. The fourth-order valence-electron chi connectivity index (χ4n) is 1.68. The van der Waals surface area contributed by atoms with Crippen LogP contribution in [0.1, 0.15) is 31.9 Å². The molecule has 0 N–H and O–H groups in total. The molecule has 0 aliphatic heterocycles. The van der Waals surface area contributed by atoms with Crippen LogP contribution in [0.25, 0.3) is 5.82 Å². The summed E-state index contributed by atoms with van der Waals surface area (Å²) in [6, 6.07) is 1.77. The van der Waals surface area contributed by atoms with Gasteiger partial charge in [0.2, 0.25) is 0 Å². The Kier molecular flexibility index (Phi) is 3.74. The number of nitrogens with zero attached hydrogens (tertiary/aromatic N) is 4. The zero-order valence-electron chi connectivity index (χ0n) is 10.0. The predicted octanol–water partition coefficient (Wildman–Crippen LogP) is 2.83. The molecule has 2 aromatic rings. The standard InChI is InChI=1S/C12H15ClN4/c1-3-5-11-14-6-7-17(11)12-8-9(13)15-10(4-2)16-12/h6-8H,3-5H2,1-2H3. The summed E-state index contributed by atoms with van der Waals surface area (Å²) in [6.45, 7) is 4.14. The summed E-state index contributed by atoms with van der Waals surface area (Å²) in [5, 5.41) is 0.475. The van der Waals surface area contributed by atoms with Crippen molar-refractivity contribution in [2.75, 3.05) is 0 Å². The minimum absolute atomic E-state index is 0.475. The highest BCUT2D eigenvalue weighted by molar-refractivity contribution is 6.29. The van der Waals surface area contributed by atoms with Crippen molar-refractivity contribution in [1.29, 1.82) is 0 Å². The molecule has 5 heteroatoms. The van der Waals surface area contributed by atoms with Gasteiger partial charge in [0.15, 0.2) is 0 Å². The Hall–Kier alpha value is -1.42. The molecule has 0 aliphatic carbocycles. The van der Waals surface area contributed by atoms with Gasteiger partial charge in [0.25, 0.3) is 0 Å². The Morgan fingerprint density at radius 3 is 2.82 bits per heavy atom. The molecule has 0 atom stereocenters. The first-order chi connectivity index (χ1) is 8.24. The largest absolute Gasteiger partial charge is 0.288 e. The fourth-order valence-corrected chi connectivity index (χ4v) is 1.88. The second-order valence-corrected chi connectivity index (χ2v) is 4.17. The summed E-state index contributed by atoms with van der Waals surface area (Å²) in [7, 11) is 0. The van der Waals surface area contributed by atoms with Crippen molar-refractivity contribution in [3.8, 4) is 5.82 Å². The maximum absolute atomic E-state index is 5.99. The molecule has 2 aromatic heterocycles. The topological polar surface area (TPSA) is 43.6 Å². The van der Waals surface area contributed by atoms with E-state index in [-0.39, 0.29) is 0 Å². The van der Waals surface area contributed by atoms with E-state index in [2.05, 4.69) is 21.9 Å². The molecule has 0 aliphatic rings. The van der Waals surface area contributed by atoms with Gasteiger partial charge in [0.1, 0.15) is 22.6 Å². The molecular formula is C12H15ClN4. The van der Waals surface area contributed by atoms with Crippen molar-refractivity contribution >= 4 is 11.6 Å². The molecule has 0 saturated heterocycles. The normalized spacial score (nSPS) is 10.8. The Morgan fingerprint density at radius 2 is 2.12 bits per heavy atom. The van der Waals surface area contributed by atoms with E-state index in [4.69, 9.17) is 11.6 Å². The minimum atomic E-state index is 0.475.